The van der Waals surface area contributed by atoms with Gasteiger partial charge in [-0.05, 0) is 72.3 Å². The van der Waals surface area contributed by atoms with Gasteiger partial charge in [0.25, 0.3) is 0 Å². The lowest BCUT2D eigenvalue weighted by molar-refractivity contribution is -0.129. The quantitative estimate of drug-likeness (QED) is 0.308. The van der Waals surface area contributed by atoms with Crippen LogP contribution in [0.15, 0.2) is 77.4 Å². The van der Waals surface area contributed by atoms with Gasteiger partial charge in [0.1, 0.15) is 5.82 Å². The van der Waals surface area contributed by atoms with E-state index in [0.29, 0.717) is 21.7 Å². The fourth-order valence-electron chi connectivity index (χ4n) is 2.89. The minimum atomic E-state index is -0.637. The van der Waals surface area contributed by atoms with E-state index in [-0.39, 0.29) is 23.1 Å². The predicted molar refractivity (Wildman–Crippen MR) is 116 cm³/mol. The van der Waals surface area contributed by atoms with Crippen molar-refractivity contribution in [3.63, 3.8) is 0 Å². The molecule has 3 aromatic carbocycles. The number of esters is 2. The van der Waals surface area contributed by atoms with Crippen molar-refractivity contribution in [1.82, 2.24) is 0 Å². The SMILES string of the molecule is COc1cc(/C=C2\N=C(c3ccc(F)cc3)OC2=O)ccc1OC(=O)c1ccc(Cl)cc1. The lowest BCUT2D eigenvalue weighted by atomic mass is 10.1. The minimum Gasteiger partial charge on any atom is -0.493 e. The summed E-state index contributed by atoms with van der Waals surface area (Å²) in [5, 5.41) is 0.507. The molecule has 0 atom stereocenters. The number of cyclic esters (lactones) is 1. The van der Waals surface area contributed by atoms with E-state index in [1.54, 1.807) is 42.5 Å². The van der Waals surface area contributed by atoms with Gasteiger partial charge in [0.05, 0.1) is 12.7 Å². The maximum absolute atomic E-state index is 13.1. The zero-order chi connectivity index (χ0) is 22.7. The van der Waals surface area contributed by atoms with Crippen LogP contribution in [0.1, 0.15) is 21.5 Å². The van der Waals surface area contributed by atoms with Gasteiger partial charge in [-0.2, -0.15) is 0 Å². The molecule has 4 rings (SSSR count). The van der Waals surface area contributed by atoms with Crippen molar-refractivity contribution in [2.24, 2.45) is 4.99 Å². The lowest BCUT2D eigenvalue weighted by Crippen LogP contribution is -2.09. The number of ether oxygens (including phenoxy) is 3. The Morgan fingerprint density at radius 2 is 1.75 bits per heavy atom. The number of aliphatic imine (C=N–C) groups is 1. The van der Waals surface area contributed by atoms with Crippen molar-refractivity contribution in [2.75, 3.05) is 7.11 Å². The van der Waals surface area contributed by atoms with Crippen molar-refractivity contribution < 1.29 is 28.2 Å². The normalized spacial score (nSPS) is 14.2. The van der Waals surface area contributed by atoms with Crippen molar-refractivity contribution in [3.05, 3.63) is 100.0 Å². The molecule has 0 bridgehead atoms. The van der Waals surface area contributed by atoms with Gasteiger partial charge in [0.2, 0.25) is 5.90 Å². The van der Waals surface area contributed by atoms with Gasteiger partial charge in [0.15, 0.2) is 17.2 Å². The summed E-state index contributed by atoms with van der Waals surface area (Å²) in [5.41, 5.74) is 1.45. The Kier molecular flexibility index (Phi) is 6.00. The second-order valence-corrected chi connectivity index (χ2v) is 7.09. The van der Waals surface area contributed by atoms with Crippen LogP contribution < -0.4 is 9.47 Å². The van der Waals surface area contributed by atoms with E-state index in [0.717, 1.165) is 0 Å². The molecular weight excluding hydrogens is 437 g/mol. The Morgan fingerprint density at radius 1 is 1.03 bits per heavy atom. The number of hydrogen-bond acceptors (Lipinski definition) is 6. The first kappa shape index (κ1) is 21.3. The van der Waals surface area contributed by atoms with E-state index in [2.05, 4.69) is 4.99 Å². The molecule has 0 amide bonds. The van der Waals surface area contributed by atoms with Crippen molar-refractivity contribution >= 4 is 35.5 Å². The summed E-state index contributed by atoms with van der Waals surface area (Å²) in [5.74, 6) is -1.03. The third-order valence-electron chi connectivity index (χ3n) is 4.49. The highest BCUT2D eigenvalue weighted by Gasteiger charge is 2.24. The Labute approximate surface area is 187 Å². The fraction of sp³-hybridized carbons (Fsp3) is 0.0417. The number of carbonyl (C=O) groups is 2. The van der Waals surface area contributed by atoms with E-state index in [1.807, 2.05) is 0 Å². The Bertz CT molecular complexity index is 1250. The molecule has 0 saturated heterocycles. The number of halogens is 2. The maximum atomic E-state index is 13.1. The molecular formula is C24H15ClFNO5. The molecule has 0 aromatic heterocycles. The summed E-state index contributed by atoms with van der Waals surface area (Å²) < 4.78 is 29.0. The highest BCUT2D eigenvalue weighted by Crippen LogP contribution is 2.30. The van der Waals surface area contributed by atoms with Gasteiger partial charge in [-0.25, -0.2) is 19.0 Å². The Balaban J connectivity index is 1.56. The first-order valence-electron chi connectivity index (χ1n) is 9.37. The van der Waals surface area contributed by atoms with E-state index < -0.39 is 17.8 Å². The van der Waals surface area contributed by atoms with Crippen LogP contribution in [0.4, 0.5) is 4.39 Å². The van der Waals surface area contributed by atoms with Crippen LogP contribution in [-0.4, -0.2) is 24.9 Å². The van der Waals surface area contributed by atoms with Gasteiger partial charge in [-0.3, -0.25) is 0 Å². The van der Waals surface area contributed by atoms with E-state index in [1.165, 1.54) is 37.5 Å². The van der Waals surface area contributed by atoms with Crippen LogP contribution in [0, 0.1) is 5.82 Å². The number of nitrogens with zero attached hydrogens (tertiary/aromatic N) is 1. The van der Waals surface area contributed by atoms with Crippen LogP contribution in [0.3, 0.4) is 0 Å². The van der Waals surface area contributed by atoms with Gasteiger partial charge in [-0.15, -0.1) is 0 Å². The second-order valence-electron chi connectivity index (χ2n) is 6.65. The molecule has 1 aliphatic rings. The molecule has 0 aliphatic carbocycles. The summed E-state index contributed by atoms with van der Waals surface area (Å²) in [7, 11) is 1.43. The highest BCUT2D eigenvalue weighted by atomic mass is 35.5. The molecule has 0 unspecified atom stereocenters. The largest absolute Gasteiger partial charge is 0.493 e. The lowest BCUT2D eigenvalue weighted by Gasteiger charge is -2.10. The molecule has 8 heteroatoms. The molecule has 0 spiro atoms. The standard InChI is InChI=1S/C24H15ClFNO5/c1-30-21-13-14(2-11-20(21)31-23(28)16-3-7-17(25)8-4-16)12-19-24(29)32-22(27-19)15-5-9-18(26)10-6-15/h2-13H,1H3/b19-12-. The fourth-order valence-corrected chi connectivity index (χ4v) is 3.01. The molecule has 0 saturated carbocycles. The number of hydrogen-bond donors (Lipinski definition) is 0. The van der Waals surface area contributed by atoms with Crippen molar-refractivity contribution in [3.8, 4) is 11.5 Å². The number of carbonyl (C=O) groups excluding carboxylic acids is 2. The van der Waals surface area contributed by atoms with Crippen molar-refractivity contribution in [1.29, 1.82) is 0 Å². The molecule has 0 N–H and O–H groups in total. The zero-order valence-corrected chi connectivity index (χ0v) is 17.4. The van der Waals surface area contributed by atoms with Gasteiger partial charge < -0.3 is 14.2 Å². The van der Waals surface area contributed by atoms with Gasteiger partial charge in [0, 0.05) is 10.6 Å². The molecule has 1 heterocycles. The summed E-state index contributed by atoms with van der Waals surface area (Å²) in [4.78, 5) is 28.7. The third-order valence-corrected chi connectivity index (χ3v) is 4.74. The summed E-state index contributed by atoms with van der Waals surface area (Å²) in [6.45, 7) is 0. The Morgan fingerprint density at radius 3 is 2.44 bits per heavy atom. The molecule has 32 heavy (non-hydrogen) atoms. The van der Waals surface area contributed by atoms with Crippen LogP contribution in [0.5, 0.6) is 11.5 Å². The number of benzene rings is 3. The second kappa shape index (κ2) is 9.03. The third kappa shape index (κ3) is 4.68. The van der Waals surface area contributed by atoms with E-state index >= 15 is 0 Å². The highest BCUT2D eigenvalue weighted by molar-refractivity contribution is 6.30. The minimum absolute atomic E-state index is 0.0669. The average molecular weight is 452 g/mol. The number of rotatable bonds is 5. The van der Waals surface area contributed by atoms with E-state index in [4.69, 9.17) is 25.8 Å². The maximum Gasteiger partial charge on any atom is 0.363 e. The van der Waals surface area contributed by atoms with Gasteiger partial charge in [-0.1, -0.05) is 17.7 Å². The van der Waals surface area contributed by atoms with Crippen LogP contribution in [0.2, 0.25) is 5.02 Å². The van der Waals surface area contributed by atoms with Crippen LogP contribution >= 0.6 is 11.6 Å². The summed E-state index contributed by atoms with van der Waals surface area (Å²) in [6.07, 6.45) is 1.51. The molecule has 3 aromatic rings. The van der Waals surface area contributed by atoms with Gasteiger partial charge >= 0.3 is 11.9 Å². The van der Waals surface area contributed by atoms with Crippen LogP contribution in [-0.2, 0) is 9.53 Å². The average Bonchev–Trinajstić information content (AvgIpc) is 3.15. The Hall–Kier alpha value is -3.97. The summed E-state index contributed by atoms with van der Waals surface area (Å²) >= 11 is 5.84. The van der Waals surface area contributed by atoms with Crippen molar-refractivity contribution in [2.45, 2.75) is 0 Å². The molecule has 6 nitrogen and oxygen atoms in total. The smallest absolute Gasteiger partial charge is 0.363 e. The first-order valence-corrected chi connectivity index (χ1v) is 9.75. The zero-order valence-electron chi connectivity index (χ0n) is 16.7. The van der Waals surface area contributed by atoms with E-state index in [9.17, 15) is 14.0 Å². The first-order chi connectivity index (χ1) is 15.4. The monoisotopic (exact) mass is 451 g/mol. The molecule has 1 aliphatic heterocycles. The summed E-state index contributed by atoms with van der Waals surface area (Å²) in [6, 6.07) is 16.5. The van der Waals surface area contributed by atoms with Crippen LogP contribution in [0.25, 0.3) is 6.08 Å². The number of methoxy groups -OCH3 is 1. The topological polar surface area (TPSA) is 74.2 Å². The molecule has 0 radical (unpaired) electrons. The molecule has 0 fully saturated rings. The molecule has 160 valence electrons. The predicted octanol–water partition coefficient (Wildman–Crippen LogP) is 5.05.